The van der Waals surface area contributed by atoms with Crippen molar-refractivity contribution >= 4 is 11.5 Å². The lowest BCUT2D eigenvalue weighted by Gasteiger charge is -2.58. The number of carbonyl (C=O) groups excluding carboxylic acids is 1. The third kappa shape index (κ3) is 2.61. The smallest absolute Gasteiger partial charge is 0.305 e. The van der Waals surface area contributed by atoms with Crippen molar-refractivity contribution in [3.05, 3.63) is 35.7 Å². The first-order valence-electron chi connectivity index (χ1n) is 11.2. The van der Waals surface area contributed by atoms with Crippen LogP contribution in [0.3, 0.4) is 0 Å². The highest BCUT2D eigenvalue weighted by atomic mass is 16.5. The zero-order chi connectivity index (χ0) is 19.5. The van der Waals surface area contributed by atoms with Crippen LogP contribution in [0.2, 0.25) is 0 Å². The molecule has 3 aliphatic carbocycles. The summed E-state index contributed by atoms with van der Waals surface area (Å²) in [5.41, 5.74) is 4.66. The summed E-state index contributed by atoms with van der Waals surface area (Å²) in [6.45, 7) is 7.79. The van der Waals surface area contributed by atoms with Crippen LogP contribution in [0.4, 0.5) is 0 Å². The van der Waals surface area contributed by atoms with Crippen LogP contribution >= 0.6 is 0 Å². The molecule has 6 atom stereocenters. The van der Waals surface area contributed by atoms with E-state index in [9.17, 15) is 4.79 Å². The van der Waals surface area contributed by atoms with Crippen LogP contribution in [-0.2, 0) is 9.53 Å². The number of rotatable bonds is 1. The zero-order valence-corrected chi connectivity index (χ0v) is 17.5. The molecule has 6 unspecified atom stereocenters. The monoisotopic (exact) mass is 379 g/mol. The molecular weight excluding hydrogens is 346 g/mol. The molecule has 0 aromatic carbocycles. The fourth-order valence-corrected chi connectivity index (χ4v) is 7.55. The van der Waals surface area contributed by atoms with E-state index in [1.165, 1.54) is 43.2 Å². The van der Waals surface area contributed by atoms with E-state index in [1.54, 1.807) is 5.57 Å². The van der Waals surface area contributed by atoms with E-state index in [0.29, 0.717) is 18.9 Å². The topological polar surface area (TPSA) is 39.2 Å². The number of carbonyl (C=O) groups is 1. The molecule has 28 heavy (non-hydrogen) atoms. The van der Waals surface area contributed by atoms with Crippen LogP contribution in [0.1, 0.15) is 69.9 Å². The lowest BCUT2D eigenvalue weighted by atomic mass is 9.46. The first-order valence-corrected chi connectivity index (χ1v) is 11.2. The van der Waals surface area contributed by atoms with E-state index in [2.05, 4.69) is 44.1 Å². The number of hydrogen-bond donors (Lipinski definition) is 0. The number of nitrogens with zero attached hydrogens (tertiary/aromatic N) is 1. The SMILES string of the molecule is Cc1cncc(C2=CCC3C4CCC5COC(=O)CCC5(C)C4CCC23C)c1. The molecule has 0 N–H and O–H groups in total. The highest BCUT2D eigenvalue weighted by molar-refractivity contribution is 5.73. The highest BCUT2D eigenvalue weighted by Gasteiger charge is 2.58. The largest absolute Gasteiger partial charge is 0.465 e. The quantitative estimate of drug-likeness (QED) is 0.598. The van der Waals surface area contributed by atoms with Crippen LogP contribution < -0.4 is 0 Å². The van der Waals surface area contributed by atoms with Gasteiger partial charge in [-0.2, -0.15) is 0 Å². The number of pyridine rings is 1. The molecule has 0 radical (unpaired) electrons. The zero-order valence-electron chi connectivity index (χ0n) is 17.5. The van der Waals surface area contributed by atoms with Crippen molar-refractivity contribution in [3.8, 4) is 0 Å². The van der Waals surface area contributed by atoms with Gasteiger partial charge in [-0.1, -0.05) is 19.9 Å². The predicted molar refractivity (Wildman–Crippen MR) is 110 cm³/mol. The van der Waals surface area contributed by atoms with Gasteiger partial charge in [-0.05, 0) is 103 Å². The second-order valence-electron chi connectivity index (χ2n) is 10.4. The number of cyclic esters (lactones) is 1. The van der Waals surface area contributed by atoms with E-state index in [4.69, 9.17) is 4.74 Å². The summed E-state index contributed by atoms with van der Waals surface area (Å²) >= 11 is 0. The second-order valence-corrected chi connectivity index (χ2v) is 10.4. The summed E-state index contributed by atoms with van der Waals surface area (Å²) in [6.07, 6.45) is 14.4. The van der Waals surface area contributed by atoms with Gasteiger partial charge in [0.15, 0.2) is 0 Å². The normalized spacial score (nSPS) is 42.5. The summed E-state index contributed by atoms with van der Waals surface area (Å²) in [5.74, 6) is 2.82. The lowest BCUT2D eigenvalue weighted by molar-refractivity contribution is -0.144. The van der Waals surface area contributed by atoms with Gasteiger partial charge in [-0.15, -0.1) is 0 Å². The molecule has 2 heterocycles. The van der Waals surface area contributed by atoms with E-state index >= 15 is 0 Å². The molecule has 5 rings (SSSR count). The van der Waals surface area contributed by atoms with Crippen molar-refractivity contribution < 1.29 is 9.53 Å². The van der Waals surface area contributed by atoms with E-state index in [-0.39, 0.29) is 16.8 Å². The number of esters is 1. The standard InChI is InChI=1S/C25H33NO2/c1-16-12-17(14-26-13-16)20-6-7-21-19-5-4-18-15-28-23(27)9-11-24(18,2)22(19)8-10-25(20,21)3/h6,12-14,18-19,21-22H,4-5,7-11,15H2,1-3H3. The van der Waals surface area contributed by atoms with Crippen molar-refractivity contribution in [1.82, 2.24) is 4.98 Å². The van der Waals surface area contributed by atoms with Crippen LogP contribution in [0.5, 0.6) is 0 Å². The van der Waals surface area contributed by atoms with Gasteiger partial charge >= 0.3 is 5.97 Å². The van der Waals surface area contributed by atoms with Crippen molar-refractivity contribution in [2.75, 3.05) is 6.61 Å². The average Bonchev–Trinajstić information content (AvgIpc) is 2.95. The first-order chi connectivity index (χ1) is 13.4. The van der Waals surface area contributed by atoms with Crippen LogP contribution in [-0.4, -0.2) is 17.6 Å². The van der Waals surface area contributed by atoms with Crippen molar-refractivity contribution in [2.24, 2.45) is 34.5 Å². The Kier molecular flexibility index (Phi) is 4.23. The predicted octanol–water partition coefficient (Wildman–Crippen LogP) is 5.58. The number of fused-ring (bicyclic) bond motifs is 5. The summed E-state index contributed by atoms with van der Waals surface area (Å²) in [6, 6.07) is 2.31. The Hall–Kier alpha value is -1.64. The highest BCUT2D eigenvalue weighted by Crippen LogP contribution is 2.66. The molecule has 1 saturated heterocycles. The summed E-state index contributed by atoms with van der Waals surface area (Å²) in [4.78, 5) is 16.4. The Bertz CT molecular complexity index is 830. The fraction of sp³-hybridized carbons (Fsp3) is 0.680. The molecule has 1 aromatic heterocycles. The Labute approximate surface area is 169 Å². The van der Waals surface area contributed by atoms with Gasteiger partial charge in [0, 0.05) is 18.8 Å². The fourth-order valence-electron chi connectivity index (χ4n) is 7.55. The van der Waals surface area contributed by atoms with Gasteiger partial charge in [0.25, 0.3) is 0 Å². The van der Waals surface area contributed by atoms with Crippen molar-refractivity contribution in [3.63, 3.8) is 0 Å². The maximum absolute atomic E-state index is 12.0. The summed E-state index contributed by atoms with van der Waals surface area (Å²) in [7, 11) is 0. The molecule has 1 aromatic rings. The molecule has 2 saturated carbocycles. The molecule has 0 spiro atoms. The Morgan fingerprint density at radius 3 is 2.79 bits per heavy atom. The van der Waals surface area contributed by atoms with E-state index in [0.717, 1.165) is 24.2 Å². The maximum Gasteiger partial charge on any atom is 0.305 e. The minimum absolute atomic E-state index is 0.0181. The molecule has 3 heteroatoms. The van der Waals surface area contributed by atoms with Gasteiger partial charge in [0.05, 0.1) is 6.61 Å². The van der Waals surface area contributed by atoms with Crippen molar-refractivity contribution in [1.29, 1.82) is 0 Å². The number of aromatic nitrogens is 1. The van der Waals surface area contributed by atoms with Crippen LogP contribution in [0, 0.1) is 41.4 Å². The minimum atomic E-state index is 0.0181. The lowest BCUT2D eigenvalue weighted by Crippen LogP contribution is -2.51. The number of ether oxygens (including phenoxy) is 1. The molecule has 3 nitrogen and oxygen atoms in total. The average molecular weight is 380 g/mol. The van der Waals surface area contributed by atoms with Crippen molar-refractivity contribution in [2.45, 2.75) is 65.7 Å². The second kappa shape index (κ2) is 6.43. The molecule has 4 aliphatic rings. The van der Waals surface area contributed by atoms with Gasteiger partial charge in [-0.25, -0.2) is 0 Å². The third-order valence-electron chi connectivity index (χ3n) is 9.15. The number of hydrogen-bond acceptors (Lipinski definition) is 3. The van der Waals surface area contributed by atoms with E-state index in [1.807, 2.05) is 6.20 Å². The Morgan fingerprint density at radius 2 is 1.96 bits per heavy atom. The van der Waals surface area contributed by atoms with Gasteiger partial charge < -0.3 is 4.74 Å². The van der Waals surface area contributed by atoms with Gasteiger partial charge in [0.2, 0.25) is 0 Å². The summed E-state index contributed by atoms with van der Waals surface area (Å²) in [5, 5.41) is 0. The van der Waals surface area contributed by atoms with E-state index < -0.39 is 0 Å². The molecule has 1 aliphatic heterocycles. The Balaban J connectivity index is 1.45. The Morgan fingerprint density at radius 1 is 1.11 bits per heavy atom. The number of allylic oxidation sites excluding steroid dienone is 2. The molecule has 150 valence electrons. The molecule has 3 fully saturated rings. The minimum Gasteiger partial charge on any atom is -0.465 e. The third-order valence-corrected chi connectivity index (χ3v) is 9.15. The molecule has 0 bridgehead atoms. The van der Waals surface area contributed by atoms with Gasteiger partial charge in [-0.3, -0.25) is 9.78 Å². The molecule has 0 amide bonds. The summed E-state index contributed by atoms with van der Waals surface area (Å²) < 4.78 is 5.55. The number of aryl methyl sites for hydroxylation is 1. The van der Waals surface area contributed by atoms with Gasteiger partial charge in [0.1, 0.15) is 0 Å². The van der Waals surface area contributed by atoms with Crippen LogP contribution in [0.25, 0.3) is 5.57 Å². The molecular formula is C25H33NO2. The maximum atomic E-state index is 12.0. The van der Waals surface area contributed by atoms with Crippen LogP contribution in [0.15, 0.2) is 24.5 Å². The first kappa shape index (κ1) is 18.4.